The second-order valence-corrected chi connectivity index (χ2v) is 8.85. The van der Waals surface area contributed by atoms with Gasteiger partial charge in [0.2, 0.25) is 0 Å². The third-order valence-corrected chi connectivity index (χ3v) is 6.79. The number of benzene rings is 2. The van der Waals surface area contributed by atoms with E-state index in [1.807, 2.05) is 43.3 Å². The van der Waals surface area contributed by atoms with Crippen molar-refractivity contribution in [3.8, 4) is 5.75 Å². The van der Waals surface area contributed by atoms with Crippen LogP contribution in [0.5, 0.6) is 5.75 Å². The van der Waals surface area contributed by atoms with Crippen molar-refractivity contribution in [2.45, 2.75) is 19.0 Å². The van der Waals surface area contributed by atoms with E-state index in [9.17, 15) is 13.2 Å². The zero-order valence-corrected chi connectivity index (χ0v) is 15.4. The molecule has 2 aliphatic heterocycles. The summed E-state index contributed by atoms with van der Waals surface area (Å²) in [5.41, 5.74) is 2.29. The number of fused-ring (bicyclic) bond motifs is 1. The van der Waals surface area contributed by atoms with E-state index in [4.69, 9.17) is 4.74 Å². The molecular weight excluding hydrogens is 352 g/mol. The predicted octanol–water partition coefficient (Wildman–Crippen LogP) is 2.62. The van der Waals surface area contributed by atoms with Gasteiger partial charge in [-0.2, -0.15) is 0 Å². The third-order valence-electron chi connectivity index (χ3n) is 5.09. The van der Waals surface area contributed by atoms with Crippen molar-refractivity contribution in [1.82, 2.24) is 0 Å². The van der Waals surface area contributed by atoms with E-state index in [1.165, 1.54) is 0 Å². The van der Waals surface area contributed by atoms with E-state index < -0.39 is 21.9 Å². The number of carbonyl (C=O) groups is 1. The summed E-state index contributed by atoms with van der Waals surface area (Å²) in [5.74, 6) is 0.489. The molecule has 0 spiro atoms. The molecule has 2 heterocycles. The first-order valence-electron chi connectivity index (χ1n) is 8.44. The highest BCUT2D eigenvalue weighted by atomic mass is 32.2. The Bertz CT molecular complexity index is 973. The Labute approximate surface area is 152 Å². The second-order valence-electron chi connectivity index (χ2n) is 6.69. The molecule has 2 saturated heterocycles. The van der Waals surface area contributed by atoms with Crippen LogP contribution in [0.1, 0.15) is 5.56 Å². The number of ether oxygens (including phenoxy) is 1. The molecule has 0 aromatic heterocycles. The van der Waals surface area contributed by atoms with E-state index >= 15 is 0 Å². The van der Waals surface area contributed by atoms with Gasteiger partial charge in [0.15, 0.2) is 9.84 Å². The Kier molecular flexibility index (Phi) is 3.91. The number of carbonyl (C=O) groups excluding carboxylic acids is 1. The lowest BCUT2D eigenvalue weighted by molar-refractivity contribution is 0.255. The van der Waals surface area contributed by atoms with Crippen LogP contribution in [-0.4, -0.2) is 45.1 Å². The molecule has 0 radical (unpaired) electrons. The van der Waals surface area contributed by atoms with Gasteiger partial charge in [-0.3, -0.25) is 9.80 Å². The smallest absolute Gasteiger partial charge is 0.329 e. The molecule has 7 heteroatoms. The maximum Gasteiger partial charge on any atom is 0.329 e. The maximum atomic E-state index is 13.4. The SMILES string of the molecule is COc1ccccc1N1C(=O)N(c2ccccc2C)C2CS(=O)(=O)CC21. The van der Waals surface area contributed by atoms with Gasteiger partial charge in [0.1, 0.15) is 5.75 Å². The number of hydrogen-bond donors (Lipinski definition) is 0. The van der Waals surface area contributed by atoms with Gasteiger partial charge in [0.25, 0.3) is 0 Å². The first kappa shape index (κ1) is 16.9. The van der Waals surface area contributed by atoms with Gasteiger partial charge in [-0.25, -0.2) is 13.2 Å². The molecule has 0 N–H and O–H groups in total. The van der Waals surface area contributed by atoms with Crippen molar-refractivity contribution in [3.05, 3.63) is 54.1 Å². The lowest BCUT2D eigenvalue weighted by Crippen LogP contribution is -2.38. The molecule has 2 unspecified atom stereocenters. The predicted molar refractivity (Wildman–Crippen MR) is 101 cm³/mol. The fourth-order valence-electron chi connectivity index (χ4n) is 3.93. The zero-order valence-electron chi connectivity index (χ0n) is 14.6. The van der Waals surface area contributed by atoms with Crippen molar-refractivity contribution in [2.75, 3.05) is 28.4 Å². The standard InChI is InChI=1S/C19H20N2O4S/c1-13-7-3-4-8-14(13)20-16-11-26(23,24)12-17(16)21(19(20)22)15-9-5-6-10-18(15)25-2/h3-10,16-17H,11-12H2,1-2H3. The minimum Gasteiger partial charge on any atom is -0.495 e. The average Bonchev–Trinajstić information content (AvgIpc) is 3.04. The number of aryl methyl sites for hydroxylation is 1. The largest absolute Gasteiger partial charge is 0.495 e. The summed E-state index contributed by atoms with van der Waals surface area (Å²) in [6, 6.07) is 13.7. The number of amides is 2. The summed E-state index contributed by atoms with van der Waals surface area (Å²) in [5, 5.41) is 0. The number of para-hydroxylation sites is 3. The molecule has 2 atom stereocenters. The Hall–Kier alpha value is -2.54. The van der Waals surface area contributed by atoms with Gasteiger partial charge in [-0.1, -0.05) is 30.3 Å². The minimum atomic E-state index is -3.22. The first-order valence-corrected chi connectivity index (χ1v) is 10.3. The van der Waals surface area contributed by atoms with Crippen LogP contribution < -0.4 is 14.5 Å². The molecule has 2 fully saturated rings. The monoisotopic (exact) mass is 372 g/mol. The number of sulfone groups is 1. The van der Waals surface area contributed by atoms with Crippen molar-refractivity contribution in [3.63, 3.8) is 0 Å². The van der Waals surface area contributed by atoms with Crippen LogP contribution in [0, 0.1) is 6.92 Å². The fourth-order valence-corrected chi connectivity index (χ4v) is 5.85. The van der Waals surface area contributed by atoms with E-state index in [2.05, 4.69) is 0 Å². The van der Waals surface area contributed by atoms with Gasteiger partial charge in [-0.05, 0) is 30.7 Å². The summed E-state index contributed by atoms with van der Waals surface area (Å²) in [6.07, 6.45) is 0. The number of nitrogens with zero attached hydrogens (tertiary/aromatic N) is 2. The van der Waals surface area contributed by atoms with Gasteiger partial charge >= 0.3 is 6.03 Å². The lowest BCUT2D eigenvalue weighted by atomic mass is 10.1. The molecule has 2 aliphatic rings. The highest BCUT2D eigenvalue weighted by Gasteiger charge is 2.55. The number of urea groups is 1. The topological polar surface area (TPSA) is 66.9 Å². The summed E-state index contributed by atoms with van der Waals surface area (Å²) >= 11 is 0. The molecule has 0 saturated carbocycles. The molecular formula is C19H20N2O4S. The van der Waals surface area contributed by atoms with Crippen LogP contribution in [0.3, 0.4) is 0 Å². The van der Waals surface area contributed by atoms with Crippen LogP contribution in [0.15, 0.2) is 48.5 Å². The zero-order chi connectivity index (χ0) is 18.5. The van der Waals surface area contributed by atoms with E-state index in [0.717, 1.165) is 11.3 Å². The minimum absolute atomic E-state index is 0.0244. The van der Waals surface area contributed by atoms with Crippen LogP contribution in [0.2, 0.25) is 0 Å². The molecule has 136 valence electrons. The summed E-state index contributed by atoms with van der Waals surface area (Å²) in [7, 11) is -1.68. The molecule has 6 nitrogen and oxygen atoms in total. The molecule has 2 amide bonds. The van der Waals surface area contributed by atoms with Gasteiger partial charge < -0.3 is 4.74 Å². The summed E-state index contributed by atoms with van der Waals surface area (Å²) in [6.45, 7) is 1.92. The number of methoxy groups -OCH3 is 1. The first-order chi connectivity index (χ1) is 12.4. The fraction of sp³-hybridized carbons (Fsp3) is 0.316. The Balaban J connectivity index is 1.86. The average molecular weight is 372 g/mol. The van der Waals surface area contributed by atoms with Gasteiger partial charge in [0, 0.05) is 5.69 Å². The third kappa shape index (κ3) is 2.54. The molecule has 0 bridgehead atoms. The van der Waals surface area contributed by atoms with Crippen molar-refractivity contribution < 1.29 is 17.9 Å². The number of hydrogen-bond acceptors (Lipinski definition) is 4. The highest BCUT2D eigenvalue weighted by Crippen LogP contribution is 2.41. The summed E-state index contributed by atoms with van der Waals surface area (Å²) < 4.78 is 30.1. The highest BCUT2D eigenvalue weighted by molar-refractivity contribution is 7.91. The van der Waals surface area contributed by atoms with Crippen LogP contribution in [0.4, 0.5) is 16.2 Å². The van der Waals surface area contributed by atoms with E-state index in [1.54, 1.807) is 29.0 Å². The number of rotatable bonds is 3. The maximum absolute atomic E-state index is 13.4. The molecule has 0 aliphatic carbocycles. The van der Waals surface area contributed by atoms with Crippen molar-refractivity contribution >= 4 is 27.2 Å². The number of anilines is 2. The van der Waals surface area contributed by atoms with Crippen LogP contribution in [-0.2, 0) is 9.84 Å². The van der Waals surface area contributed by atoms with Gasteiger partial charge in [-0.15, -0.1) is 0 Å². The van der Waals surface area contributed by atoms with Crippen LogP contribution >= 0.6 is 0 Å². The Morgan fingerprint density at radius 2 is 1.46 bits per heavy atom. The van der Waals surface area contributed by atoms with Crippen LogP contribution in [0.25, 0.3) is 0 Å². The normalized spacial score (nSPS) is 24.0. The quantitative estimate of drug-likeness (QED) is 0.777. The second kappa shape index (κ2) is 6.02. The molecule has 4 rings (SSSR count). The van der Waals surface area contributed by atoms with Gasteiger partial charge in [0.05, 0.1) is 36.4 Å². The lowest BCUT2D eigenvalue weighted by Gasteiger charge is -2.24. The molecule has 2 aromatic carbocycles. The van der Waals surface area contributed by atoms with Crippen molar-refractivity contribution in [1.29, 1.82) is 0 Å². The summed E-state index contributed by atoms with van der Waals surface area (Å²) in [4.78, 5) is 16.6. The Morgan fingerprint density at radius 3 is 2.08 bits per heavy atom. The van der Waals surface area contributed by atoms with E-state index in [-0.39, 0.29) is 17.5 Å². The Morgan fingerprint density at radius 1 is 0.923 bits per heavy atom. The van der Waals surface area contributed by atoms with Crippen molar-refractivity contribution in [2.24, 2.45) is 0 Å². The van der Waals surface area contributed by atoms with E-state index in [0.29, 0.717) is 11.4 Å². The molecule has 26 heavy (non-hydrogen) atoms. The molecule has 2 aromatic rings.